The Morgan fingerprint density at radius 1 is 1.21 bits per heavy atom. The molecule has 0 aromatic carbocycles. The number of hydrogen-bond acceptors (Lipinski definition) is 7. The van der Waals surface area contributed by atoms with E-state index < -0.39 is 15.6 Å². The van der Waals surface area contributed by atoms with Crippen LogP contribution in [-0.2, 0) is 21.4 Å². The Morgan fingerprint density at radius 3 is 2.67 bits per heavy atom. The minimum absolute atomic E-state index is 0.0311. The van der Waals surface area contributed by atoms with Gasteiger partial charge in [-0.2, -0.15) is 4.31 Å². The largest absolute Gasteiger partial charge is 0.354 e. The number of aromatic nitrogens is 2. The molecule has 1 aliphatic heterocycles. The van der Waals surface area contributed by atoms with Crippen LogP contribution in [-0.4, -0.2) is 72.9 Å². The van der Waals surface area contributed by atoms with E-state index in [1.165, 1.54) is 45.0 Å². The third-order valence-corrected chi connectivity index (χ3v) is 9.54. The van der Waals surface area contributed by atoms with Gasteiger partial charge >= 0.3 is 0 Å². The molecule has 2 aromatic rings. The molecule has 9 nitrogen and oxygen atoms in total. The van der Waals surface area contributed by atoms with Crippen LogP contribution >= 0.6 is 11.3 Å². The number of aryl methyl sites for hydroxylation is 1. The number of fused-ring (bicyclic) bond motifs is 1. The molecule has 0 bridgehead atoms. The number of rotatable bonds is 7. The van der Waals surface area contributed by atoms with Gasteiger partial charge in [0.25, 0.3) is 5.56 Å². The average Bonchev–Trinajstić information content (AvgIpc) is 3.14. The highest BCUT2D eigenvalue weighted by atomic mass is 32.2. The summed E-state index contributed by atoms with van der Waals surface area (Å²) in [6, 6.07) is 0. The summed E-state index contributed by atoms with van der Waals surface area (Å²) in [7, 11) is -1.88. The van der Waals surface area contributed by atoms with Gasteiger partial charge in [-0.1, -0.05) is 11.6 Å². The van der Waals surface area contributed by atoms with E-state index in [0.29, 0.717) is 42.4 Å². The van der Waals surface area contributed by atoms with Gasteiger partial charge in [-0.05, 0) is 46.1 Å². The van der Waals surface area contributed by atoms with Crippen molar-refractivity contribution in [1.82, 2.24) is 24.1 Å². The van der Waals surface area contributed by atoms with Crippen molar-refractivity contribution in [2.75, 3.05) is 39.8 Å². The zero-order valence-electron chi connectivity index (χ0n) is 19.2. The standard InChI is InChI=1S/C22H31N5O4S2/c1-16-20(33(30,31)27-12-10-25(2)11-13-27)19-21(32-16)24-15-26(22(19)29)14-18(28)23-9-8-17-6-4-3-5-7-17/h6,15H,3-5,7-14H2,1-2H3,(H,23,28). The molecule has 0 spiro atoms. The van der Waals surface area contributed by atoms with Crippen LogP contribution in [0.1, 0.15) is 37.0 Å². The number of sulfonamides is 1. The minimum atomic E-state index is -3.84. The van der Waals surface area contributed by atoms with Crippen molar-refractivity contribution in [1.29, 1.82) is 0 Å². The van der Waals surface area contributed by atoms with Crippen LogP contribution in [0, 0.1) is 6.92 Å². The Bertz CT molecular complexity index is 1220. The molecule has 11 heteroatoms. The zero-order chi connectivity index (χ0) is 23.6. The summed E-state index contributed by atoms with van der Waals surface area (Å²) in [5.41, 5.74) is 0.872. The van der Waals surface area contributed by atoms with E-state index in [2.05, 4.69) is 21.3 Å². The van der Waals surface area contributed by atoms with Crippen LogP contribution in [0.2, 0.25) is 0 Å². The number of amides is 1. The number of allylic oxidation sites excluding steroid dienone is 1. The van der Waals surface area contributed by atoms with Crippen molar-refractivity contribution in [3.8, 4) is 0 Å². The Balaban J connectivity index is 1.54. The molecule has 1 saturated heterocycles. The van der Waals surface area contributed by atoms with Crippen LogP contribution in [0.4, 0.5) is 0 Å². The van der Waals surface area contributed by atoms with E-state index in [9.17, 15) is 18.0 Å². The zero-order valence-corrected chi connectivity index (χ0v) is 20.8. The second kappa shape index (κ2) is 10.0. The van der Waals surface area contributed by atoms with Crippen molar-refractivity contribution >= 4 is 37.5 Å². The van der Waals surface area contributed by atoms with Crippen molar-refractivity contribution in [3.05, 3.63) is 33.2 Å². The third-order valence-electron chi connectivity index (χ3n) is 6.33. The molecule has 4 rings (SSSR count). The van der Waals surface area contributed by atoms with Gasteiger partial charge in [0.2, 0.25) is 15.9 Å². The molecule has 1 N–H and O–H groups in total. The highest BCUT2D eigenvalue weighted by Gasteiger charge is 2.33. The van der Waals surface area contributed by atoms with Crippen LogP contribution in [0.3, 0.4) is 0 Å². The van der Waals surface area contributed by atoms with Crippen molar-refractivity contribution in [2.45, 2.75) is 50.5 Å². The Labute approximate surface area is 198 Å². The second-order valence-electron chi connectivity index (χ2n) is 8.76. The first kappa shape index (κ1) is 24.1. The Hall–Kier alpha value is -2.08. The Kier molecular flexibility index (Phi) is 7.32. The molecule has 0 saturated carbocycles. The first-order chi connectivity index (χ1) is 15.8. The van der Waals surface area contributed by atoms with Gasteiger partial charge in [0, 0.05) is 37.6 Å². The van der Waals surface area contributed by atoms with E-state index >= 15 is 0 Å². The monoisotopic (exact) mass is 493 g/mol. The lowest BCUT2D eigenvalue weighted by Gasteiger charge is -2.31. The lowest BCUT2D eigenvalue weighted by Crippen LogP contribution is -2.47. The molecule has 3 heterocycles. The normalized spacial score (nSPS) is 18.4. The number of thiophene rings is 1. The molecule has 33 heavy (non-hydrogen) atoms. The summed E-state index contributed by atoms with van der Waals surface area (Å²) in [4.78, 5) is 33.0. The molecular formula is C22H31N5O4S2. The second-order valence-corrected chi connectivity index (χ2v) is 11.8. The topological polar surface area (TPSA) is 105 Å². The van der Waals surface area contributed by atoms with Crippen LogP contribution in [0.25, 0.3) is 10.2 Å². The smallest absolute Gasteiger partial charge is 0.263 e. The Morgan fingerprint density at radius 2 is 1.97 bits per heavy atom. The van der Waals surface area contributed by atoms with Gasteiger partial charge in [-0.15, -0.1) is 11.3 Å². The van der Waals surface area contributed by atoms with Crippen molar-refractivity contribution < 1.29 is 13.2 Å². The molecule has 2 aromatic heterocycles. The lowest BCUT2D eigenvalue weighted by molar-refractivity contribution is -0.121. The number of piperazine rings is 1. The maximum atomic E-state index is 13.4. The maximum absolute atomic E-state index is 13.4. The van der Waals surface area contributed by atoms with E-state index in [-0.39, 0.29) is 22.7 Å². The molecule has 180 valence electrons. The first-order valence-corrected chi connectivity index (χ1v) is 13.6. The summed E-state index contributed by atoms with van der Waals surface area (Å²) < 4.78 is 29.5. The fraction of sp³-hybridized carbons (Fsp3) is 0.591. The number of carbonyl (C=O) groups excluding carboxylic acids is 1. The van der Waals surface area contributed by atoms with E-state index in [0.717, 1.165) is 19.3 Å². The summed E-state index contributed by atoms with van der Waals surface area (Å²) in [6.45, 7) is 4.07. The van der Waals surface area contributed by atoms with Crippen LogP contribution < -0.4 is 10.9 Å². The molecular weight excluding hydrogens is 462 g/mol. The lowest BCUT2D eigenvalue weighted by atomic mass is 9.97. The quantitative estimate of drug-likeness (QED) is 0.589. The average molecular weight is 494 g/mol. The number of carbonyl (C=O) groups is 1. The van der Waals surface area contributed by atoms with Crippen LogP contribution in [0.15, 0.2) is 27.7 Å². The molecule has 0 atom stereocenters. The van der Waals surface area contributed by atoms with Gasteiger partial charge in [-0.3, -0.25) is 14.2 Å². The molecule has 0 radical (unpaired) electrons. The first-order valence-electron chi connectivity index (χ1n) is 11.4. The van der Waals surface area contributed by atoms with Gasteiger partial charge in [-0.25, -0.2) is 13.4 Å². The van der Waals surface area contributed by atoms with Gasteiger partial charge in [0.05, 0.1) is 11.7 Å². The highest BCUT2D eigenvalue weighted by Crippen LogP contribution is 2.33. The van der Waals surface area contributed by atoms with Crippen molar-refractivity contribution in [2.24, 2.45) is 0 Å². The van der Waals surface area contributed by atoms with Gasteiger partial charge in [0.1, 0.15) is 16.3 Å². The number of nitrogens with zero attached hydrogens (tertiary/aromatic N) is 4. The summed E-state index contributed by atoms with van der Waals surface area (Å²) in [5, 5.41) is 2.95. The SMILES string of the molecule is Cc1sc2ncn(CC(=O)NCCC3=CCCCC3)c(=O)c2c1S(=O)(=O)N1CCN(C)CC1. The highest BCUT2D eigenvalue weighted by molar-refractivity contribution is 7.89. The van der Waals surface area contributed by atoms with Crippen molar-refractivity contribution in [3.63, 3.8) is 0 Å². The van der Waals surface area contributed by atoms with Gasteiger partial charge < -0.3 is 10.2 Å². The molecule has 1 aliphatic carbocycles. The number of hydrogen-bond donors (Lipinski definition) is 1. The third kappa shape index (κ3) is 5.21. The fourth-order valence-corrected chi connectivity index (χ4v) is 7.49. The van der Waals surface area contributed by atoms with E-state index in [4.69, 9.17) is 0 Å². The van der Waals surface area contributed by atoms with E-state index in [1.54, 1.807) is 6.92 Å². The summed E-state index contributed by atoms with van der Waals surface area (Å²) >= 11 is 1.19. The molecule has 1 fully saturated rings. The van der Waals surface area contributed by atoms with E-state index in [1.807, 2.05) is 7.05 Å². The molecule has 1 amide bonds. The molecule has 0 unspecified atom stereocenters. The minimum Gasteiger partial charge on any atom is -0.354 e. The predicted molar refractivity (Wildman–Crippen MR) is 129 cm³/mol. The summed E-state index contributed by atoms with van der Waals surface area (Å²) in [6.07, 6.45) is 9.00. The summed E-state index contributed by atoms with van der Waals surface area (Å²) in [5.74, 6) is -0.287. The van der Waals surface area contributed by atoms with Crippen LogP contribution in [0.5, 0.6) is 0 Å². The maximum Gasteiger partial charge on any atom is 0.263 e. The van der Waals surface area contributed by atoms with Gasteiger partial charge in [0.15, 0.2) is 0 Å². The fourth-order valence-electron chi connectivity index (χ4n) is 4.40. The molecule has 2 aliphatic rings. The number of nitrogens with one attached hydrogen (secondary N) is 1. The number of likely N-dealkylation sites (N-methyl/N-ethyl adjacent to an activating group) is 1. The predicted octanol–water partition coefficient (Wildman–Crippen LogP) is 1.71.